The molecule has 1 aromatic heterocycles. The van der Waals surface area contributed by atoms with Gasteiger partial charge in [0.2, 0.25) is 5.91 Å². The average molecular weight is 343 g/mol. The van der Waals surface area contributed by atoms with Crippen LogP contribution in [0.5, 0.6) is 0 Å². The largest absolute Gasteiger partial charge is 0.381 e. The number of carbonyl (C=O) groups excluding carboxylic acids is 2. The molecule has 2 aromatic rings. The Morgan fingerprint density at radius 2 is 1.96 bits per heavy atom. The lowest BCUT2D eigenvalue weighted by molar-refractivity contribution is -0.132. The van der Waals surface area contributed by atoms with Crippen LogP contribution in [0, 0.1) is 0 Å². The van der Waals surface area contributed by atoms with Gasteiger partial charge in [0.25, 0.3) is 5.91 Å². The zero-order chi connectivity index (χ0) is 17.8. The molecule has 3 rings (SSSR count). The minimum absolute atomic E-state index is 0.00883. The summed E-state index contributed by atoms with van der Waals surface area (Å²) in [5, 5.41) is 3.69. The molecule has 0 unspecified atom stereocenters. The second kappa shape index (κ2) is 7.70. The number of fused-ring (bicyclic) bond motifs is 1. The number of hydrogen-bond acceptors (Lipinski definition) is 3. The van der Waals surface area contributed by atoms with Crippen LogP contribution in [0.2, 0.25) is 0 Å². The number of aromatic nitrogens is 1. The second-order valence-corrected chi connectivity index (χ2v) is 6.62. The van der Waals surface area contributed by atoms with Crippen molar-refractivity contribution in [3.05, 3.63) is 36.0 Å². The summed E-state index contributed by atoms with van der Waals surface area (Å²) in [6.07, 6.45) is 4.13. The van der Waals surface area contributed by atoms with E-state index in [0.717, 1.165) is 36.6 Å². The van der Waals surface area contributed by atoms with Crippen LogP contribution in [-0.2, 0) is 9.53 Å². The third-order valence-corrected chi connectivity index (χ3v) is 5.09. The summed E-state index contributed by atoms with van der Waals surface area (Å²) in [4.78, 5) is 29.5. The Bertz CT molecular complexity index is 714. The number of para-hydroxylation sites is 1. The minimum atomic E-state index is -0.263. The maximum atomic E-state index is 12.4. The monoisotopic (exact) mass is 343 g/mol. The topological polar surface area (TPSA) is 74.4 Å². The smallest absolute Gasteiger partial charge is 0.268 e. The highest BCUT2D eigenvalue weighted by Crippen LogP contribution is 2.24. The first kappa shape index (κ1) is 17.5. The fraction of sp³-hybridized carbons (Fsp3) is 0.474. The maximum Gasteiger partial charge on any atom is 0.268 e. The molecule has 1 aliphatic rings. The maximum absolute atomic E-state index is 12.4. The average Bonchev–Trinajstić information content (AvgIpc) is 3.09. The summed E-state index contributed by atoms with van der Waals surface area (Å²) in [5.74, 6) is -0.327. The Morgan fingerprint density at radius 3 is 2.64 bits per heavy atom. The molecule has 1 fully saturated rings. The number of ether oxygens (including phenoxy) is 1. The fourth-order valence-corrected chi connectivity index (χ4v) is 3.44. The van der Waals surface area contributed by atoms with Crippen LogP contribution in [-0.4, -0.2) is 54.5 Å². The molecule has 2 amide bonds. The normalized spacial score (nSPS) is 20.4. The van der Waals surface area contributed by atoms with Gasteiger partial charge in [0.05, 0.1) is 12.6 Å². The number of likely N-dealkylation sites (N-methyl/N-ethyl adjacent to an activating group) is 1. The van der Waals surface area contributed by atoms with Gasteiger partial charge in [0.1, 0.15) is 5.69 Å². The van der Waals surface area contributed by atoms with Gasteiger partial charge in [-0.3, -0.25) is 9.59 Å². The minimum Gasteiger partial charge on any atom is -0.381 e. The van der Waals surface area contributed by atoms with Crippen LogP contribution in [0.4, 0.5) is 0 Å². The van der Waals surface area contributed by atoms with Gasteiger partial charge in [0, 0.05) is 31.1 Å². The van der Waals surface area contributed by atoms with Gasteiger partial charge in [-0.1, -0.05) is 18.2 Å². The van der Waals surface area contributed by atoms with Crippen molar-refractivity contribution in [3.8, 4) is 0 Å². The molecule has 1 aliphatic carbocycles. The van der Waals surface area contributed by atoms with E-state index in [1.165, 1.54) is 0 Å². The molecule has 6 heteroatoms. The molecule has 0 atom stereocenters. The van der Waals surface area contributed by atoms with E-state index in [1.807, 2.05) is 31.3 Å². The van der Waals surface area contributed by atoms with E-state index in [4.69, 9.17) is 4.74 Å². The predicted octanol–water partition coefficient (Wildman–Crippen LogP) is 2.31. The zero-order valence-corrected chi connectivity index (χ0v) is 14.7. The molecule has 2 N–H and O–H groups in total. The van der Waals surface area contributed by atoms with Gasteiger partial charge >= 0.3 is 0 Å². The molecule has 6 nitrogen and oxygen atoms in total. The number of nitrogens with zero attached hydrogens (tertiary/aromatic N) is 1. The van der Waals surface area contributed by atoms with Crippen LogP contribution < -0.4 is 5.32 Å². The molecular weight excluding hydrogens is 318 g/mol. The van der Waals surface area contributed by atoms with Crippen molar-refractivity contribution in [2.45, 2.75) is 37.8 Å². The predicted molar refractivity (Wildman–Crippen MR) is 96.5 cm³/mol. The second-order valence-electron chi connectivity index (χ2n) is 6.62. The summed E-state index contributed by atoms with van der Waals surface area (Å²) in [5.41, 5.74) is 1.38. The van der Waals surface area contributed by atoms with Crippen LogP contribution in [0.15, 0.2) is 30.3 Å². The van der Waals surface area contributed by atoms with E-state index in [0.29, 0.717) is 11.8 Å². The molecule has 25 heavy (non-hydrogen) atoms. The van der Waals surface area contributed by atoms with Crippen LogP contribution in [0.3, 0.4) is 0 Å². The van der Waals surface area contributed by atoms with Crippen molar-refractivity contribution < 1.29 is 14.3 Å². The molecule has 0 saturated heterocycles. The first-order chi connectivity index (χ1) is 12.1. The lowest BCUT2D eigenvalue weighted by Gasteiger charge is -2.34. The SMILES string of the molecule is COC1CCC(N(C)C(=O)CNC(=O)c2cc3ccccc3[nH]2)CC1. The van der Waals surface area contributed by atoms with E-state index in [1.54, 1.807) is 18.1 Å². The molecule has 0 bridgehead atoms. The summed E-state index contributed by atoms with van der Waals surface area (Å²) in [6, 6.07) is 9.72. The summed E-state index contributed by atoms with van der Waals surface area (Å²) in [6.45, 7) is 0.00883. The summed E-state index contributed by atoms with van der Waals surface area (Å²) >= 11 is 0. The number of carbonyl (C=O) groups is 2. The van der Waals surface area contributed by atoms with Crippen molar-refractivity contribution in [1.82, 2.24) is 15.2 Å². The number of rotatable bonds is 5. The Morgan fingerprint density at radius 1 is 1.24 bits per heavy atom. The Kier molecular flexibility index (Phi) is 5.38. The molecular formula is C19H25N3O3. The molecule has 1 saturated carbocycles. The third-order valence-electron chi connectivity index (χ3n) is 5.09. The Balaban J connectivity index is 1.52. The highest BCUT2D eigenvalue weighted by Gasteiger charge is 2.26. The van der Waals surface area contributed by atoms with Crippen molar-refractivity contribution in [2.24, 2.45) is 0 Å². The highest BCUT2D eigenvalue weighted by molar-refractivity contribution is 5.99. The number of nitrogens with one attached hydrogen (secondary N) is 2. The number of benzene rings is 1. The molecule has 1 heterocycles. The highest BCUT2D eigenvalue weighted by atomic mass is 16.5. The van der Waals surface area contributed by atoms with Gasteiger partial charge in [-0.05, 0) is 37.8 Å². The first-order valence-corrected chi connectivity index (χ1v) is 8.73. The fourth-order valence-electron chi connectivity index (χ4n) is 3.44. The van der Waals surface area contributed by atoms with E-state index in [2.05, 4.69) is 10.3 Å². The van der Waals surface area contributed by atoms with Crippen molar-refractivity contribution in [1.29, 1.82) is 0 Å². The molecule has 0 spiro atoms. The number of hydrogen-bond donors (Lipinski definition) is 2. The number of amides is 2. The Labute approximate surface area is 147 Å². The molecule has 0 radical (unpaired) electrons. The van der Waals surface area contributed by atoms with Crippen molar-refractivity contribution in [3.63, 3.8) is 0 Å². The van der Waals surface area contributed by atoms with E-state index in [-0.39, 0.29) is 24.4 Å². The third kappa shape index (κ3) is 4.02. The van der Waals surface area contributed by atoms with Gasteiger partial charge < -0.3 is 19.9 Å². The molecule has 134 valence electrons. The Hall–Kier alpha value is -2.34. The van der Waals surface area contributed by atoms with Gasteiger partial charge in [0.15, 0.2) is 0 Å². The number of aromatic amines is 1. The van der Waals surface area contributed by atoms with E-state index >= 15 is 0 Å². The first-order valence-electron chi connectivity index (χ1n) is 8.73. The van der Waals surface area contributed by atoms with Crippen molar-refractivity contribution in [2.75, 3.05) is 20.7 Å². The van der Waals surface area contributed by atoms with Gasteiger partial charge in [-0.25, -0.2) is 0 Å². The van der Waals surface area contributed by atoms with Crippen LogP contribution >= 0.6 is 0 Å². The zero-order valence-electron chi connectivity index (χ0n) is 14.7. The molecule has 0 aliphatic heterocycles. The van der Waals surface area contributed by atoms with E-state index < -0.39 is 0 Å². The van der Waals surface area contributed by atoms with Crippen molar-refractivity contribution >= 4 is 22.7 Å². The standard InChI is InChI=1S/C19H25N3O3/c1-22(14-7-9-15(25-2)10-8-14)18(23)12-20-19(24)17-11-13-5-3-4-6-16(13)21-17/h3-6,11,14-15,21H,7-10,12H2,1-2H3,(H,20,24). The van der Waals surface area contributed by atoms with Gasteiger partial charge in [-0.2, -0.15) is 0 Å². The quantitative estimate of drug-likeness (QED) is 0.875. The van der Waals surface area contributed by atoms with Crippen LogP contribution in [0.25, 0.3) is 10.9 Å². The summed E-state index contributed by atoms with van der Waals surface area (Å²) < 4.78 is 5.37. The van der Waals surface area contributed by atoms with E-state index in [9.17, 15) is 9.59 Å². The lowest BCUT2D eigenvalue weighted by atomic mass is 9.92. The summed E-state index contributed by atoms with van der Waals surface area (Å²) in [7, 11) is 3.55. The lowest BCUT2D eigenvalue weighted by Crippen LogP contribution is -2.45. The number of H-pyrrole nitrogens is 1. The molecule has 1 aromatic carbocycles. The van der Waals surface area contributed by atoms with Gasteiger partial charge in [-0.15, -0.1) is 0 Å². The number of methoxy groups -OCH3 is 1. The van der Waals surface area contributed by atoms with Crippen LogP contribution in [0.1, 0.15) is 36.2 Å².